The molecule has 128 valence electrons. The van der Waals surface area contributed by atoms with Gasteiger partial charge in [0.25, 0.3) is 0 Å². The highest BCUT2D eigenvalue weighted by Crippen LogP contribution is 2.29. The molecule has 0 bridgehead atoms. The monoisotopic (exact) mass is 337 g/mol. The van der Waals surface area contributed by atoms with Crippen molar-refractivity contribution in [1.82, 2.24) is 9.97 Å². The SMILES string of the molecule is CCOC(=O)c1nc2ccccc2nc1Nc1ccccc1OCC. The van der Waals surface area contributed by atoms with Crippen LogP contribution >= 0.6 is 0 Å². The molecule has 1 aromatic heterocycles. The third kappa shape index (κ3) is 3.68. The first-order valence-corrected chi connectivity index (χ1v) is 8.15. The number of para-hydroxylation sites is 4. The van der Waals surface area contributed by atoms with E-state index in [1.807, 2.05) is 55.5 Å². The number of benzene rings is 2. The number of aromatic nitrogens is 2. The van der Waals surface area contributed by atoms with Crippen LogP contribution in [0.15, 0.2) is 48.5 Å². The maximum Gasteiger partial charge on any atom is 0.360 e. The third-order valence-electron chi connectivity index (χ3n) is 3.48. The molecule has 3 aromatic rings. The summed E-state index contributed by atoms with van der Waals surface area (Å²) in [6, 6.07) is 14.8. The molecule has 25 heavy (non-hydrogen) atoms. The zero-order valence-corrected chi connectivity index (χ0v) is 14.2. The summed E-state index contributed by atoms with van der Waals surface area (Å²) in [5.74, 6) is 0.496. The highest BCUT2D eigenvalue weighted by Gasteiger charge is 2.18. The maximum atomic E-state index is 12.3. The zero-order valence-electron chi connectivity index (χ0n) is 14.2. The van der Waals surface area contributed by atoms with Gasteiger partial charge in [-0.2, -0.15) is 0 Å². The molecule has 0 fully saturated rings. The van der Waals surface area contributed by atoms with E-state index in [0.29, 0.717) is 34.9 Å². The molecule has 0 saturated carbocycles. The van der Waals surface area contributed by atoms with Crippen LogP contribution < -0.4 is 10.1 Å². The van der Waals surface area contributed by atoms with Crippen molar-refractivity contribution in [1.29, 1.82) is 0 Å². The Labute approximate surface area is 145 Å². The van der Waals surface area contributed by atoms with E-state index in [2.05, 4.69) is 15.3 Å². The molecule has 1 heterocycles. The normalized spacial score (nSPS) is 10.5. The van der Waals surface area contributed by atoms with E-state index >= 15 is 0 Å². The minimum atomic E-state index is -0.517. The van der Waals surface area contributed by atoms with E-state index in [4.69, 9.17) is 9.47 Å². The Morgan fingerprint density at radius 2 is 1.64 bits per heavy atom. The van der Waals surface area contributed by atoms with E-state index in [-0.39, 0.29) is 12.3 Å². The van der Waals surface area contributed by atoms with Crippen LogP contribution in [0.4, 0.5) is 11.5 Å². The first-order chi connectivity index (χ1) is 12.2. The molecule has 0 aliphatic heterocycles. The fraction of sp³-hybridized carbons (Fsp3) is 0.211. The summed E-state index contributed by atoms with van der Waals surface area (Å²) in [7, 11) is 0. The Hall–Kier alpha value is -3.15. The van der Waals surface area contributed by atoms with E-state index < -0.39 is 5.97 Å². The lowest BCUT2D eigenvalue weighted by atomic mass is 10.2. The van der Waals surface area contributed by atoms with Crippen molar-refractivity contribution in [3.63, 3.8) is 0 Å². The van der Waals surface area contributed by atoms with Gasteiger partial charge < -0.3 is 14.8 Å². The van der Waals surface area contributed by atoms with Crippen molar-refractivity contribution >= 4 is 28.5 Å². The average molecular weight is 337 g/mol. The molecule has 0 saturated heterocycles. The van der Waals surface area contributed by atoms with Gasteiger partial charge in [0, 0.05) is 0 Å². The summed E-state index contributed by atoms with van der Waals surface area (Å²) in [6.07, 6.45) is 0. The molecule has 6 heteroatoms. The summed E-state index contributed by atoms with van der Waals surface area (Å²) in [4.78, 5) is 21.3. The van der Waals surface area contributed by atoms with Gasteiger partial charge in [0.15, 0.2) is 11.5 Å². The zero-order chi connectivity index (χ0) is 17.6. The van der Waals surface area contributed by atoms with Gasteiger partial charge in [0.1, 0.15) is 5.75 Å². The molecule has 0 atom stereocenters. The molecule has 3 rings (SSSR count). The quantitative estimate of drug-likeness (QED) is 0.687. The van der Waals surface area contributed by atoms with Crippen LogP contribution in [0.2, 0.25) is 0 Å². The lowest BCUT2D eigenvalue weighted by Gasteiger charge is -2.14. The fourth-order valence-electron chi connectivity index (χ4n) is 2.41. The number of ether oxygens (including phenoxy) is 2. The number of nitrogens with zero attached hydrogens (tertiary/aromatic N) is 2. The van der Waals surface area contributed by atoms with Crippen LogP contribution in [0.5, 0.6) is 5.75 Å². The summed E-state index contributed by atoms with van der Waals surface area (Å²) < 4.78 is 10.7. The number of hydrogen-bond donors (Lipinski definition) is 1. The predicted octanol–water partition coefficient (Wildman–Crippen LogP) is 3.95. The number of esters is 1. The molecule has 2 aromatic carbocycles. The van der Waals surface area contributed by atoms with E-state index in [9.17, 15) is 4.79 Å². The molecule has 1 N–H and O–H groups in total. The second-order valence-electron chi connectivity index (χ2n) is 5.18. The summed E-state index contributed by atoms with van der Waals surface area (Å²) in [5, 5.41) is 3.16. The van der Waals surface area contributed by atoms with Crippen LogP contribution in [0.25, 0.3) is 11.0 Å². The standard InChI is InChI=1S/C19H19N3O3/c1-3-24-16-12-8-7-11-15(16)22-18-17(19(23)25-4-2)20-13-9-5-6-10-14(13)21-18/h5-12H,3-4H2,1-2H3,(H,21,22). The number of carbonyl (C=O) groups is 1. The van der Waals surface area contributed by atoms with Crippen molar-refractivity contribution in [2.75, 3.05) is 18.5 Å². The molecule has 0 unspecified atom stereocenters. The molecular formula is C19H19N3O3. The number of carbonyl (C=O) groups excluding carboxylic acids is 1. The predicted molar refractivity (Wildman–Crippen MR) is 96.4 cm³/mol. The van der Waals surface area contributed by atoms with Crippen molar-refractivity contribution in [2.45, 2.75) is 13.8 Å². The van der Waals surface area contributed by atoms with Crippen molar-refractivity contribution in [3.8, 4) is 5.75 Å². The lowest BCUT2D eigenvalue weighted by Crippen LogP contribution is -2.12. The van der Waals surface area contributed by atoms with Gasteiger partial charge in [-0.15, -0.1) is 0 Å². The number of anilines is 2. The van der Waals surface area contributed by atoms with Crippen LogP contribution in [-0.4, -0.2) is 29.2 Å². The number of rotatable bonds is 6. The van der Waals surface area contributed by atoms with Gasteiger partial charge in [-0.3, -0.25) is 0 Å². The lowest BCUT2D eigenvalue weighted by molar-refractivity contribution is 0.0521. The number of nitrogens with one attached hydrogen (secondary N) is 1. The second-order valence-corrected chi connectivity index (χ2v) is 5.18. The van der Waals surface area contributed by atoms with Crippen LogP contribution in [-0.2, 0) is 4.74 Å². The van der Waals surface area contributed by atoms with Crippen LogP contribution in [0, 0.1) is 0 Å². The van der Waals surface area contributed by atoms with E-state index in [1.54, 1.807) is 6.92 Å². The maximum absolute atomic E-state index is 12.3. The van der Waals surface area contributed by atoms with Gasteiger partial charge in [0.2, 0.25) is 0 Å². The Morgan fingerprint density at radius 3 is 2.36 bits per heavy atom. The van der Waals surface area contributed by atoms with Crippen LogP contribution in [0.3, 0.4) is 0 Å². The highest BCUT2D eigenvalue weighted by molar-refractivity contribution is 5.96. The summed E-state index contributed by atoms with van der Waals surface area (Å²) in [5.41, 5.74) is 2.17. The minimum absolute atomic E-state index is 0.145. The highest BCUT2D eigenvalue weighted by atomic mass is 16.5. The van der Waals surface area contributed by atoms with Gasteiger partial charge in [-0.25, -0.2) is 14.8 Å². The minimum Gasteiger partial charge on any atom is -0.492 e. The van der Waals surface area contributed by atoms with E-state index in [0.717, 1.165) is 0 Å². The van der Waals surface area contributed by atoms with Gasteiger partial charge in [0.05, 0.1) is 29.9 Å². The van der Waals surface area contributed by atoms with Gasteiger partial charge in [-0.1, -0.05) is 24.3 Å². The topological polar surface area (TPSA) is 73.3 Å². The third-order valence-corrected chi connectivity index (χ3v) is 3.48. The summed E-state index contributed by atoms with van der Waals surface area (Å²) >= 11 is 0. The molecule has 0 radical (unpaired) electrons. The summed E-state index contributed by atoms with van der Waals surface area (Å²) in [6.45, 7) is 4.47. The largest absolute Gasteiger partial charge is 0.492 e. The van der Waals surface area contributed by atoms with Crippen molar-refractivity contribution < 1.29 is 14.3 Å². The van der Waals surface area contributed by atoms with Crippen LogP contribution in [0.1, 0.15) is 24.3 Å². The first-order valence-electron chi connectivity index (χ1n) is 8.15. The molecule has 6 nitrogen and oxygen atoms in total. The van der Waals surface area contributed by atoms with Crippen molar-refractivity contribution in [3.05, 3.63) is 54.2 Å². The molecule has 0 amide bonds. The Morgan fingerprint density at radius 1 is 0.960 bits per heavy atom. The Kier molecular flexibility index (Phi) is 5.09. The Bertz CT molecular complexity index is 896. The molecule has 0 spiro atoms. The van der Waals surface area contributed by atoms with Gasteiger partial charge >= 0.3 is 5.97 Å². The Balaban J connectivity index is 2.07. The number of hydrogen-bond acceptors (Lipinski definition) is 6. The molecular weight excluding hydrogens is 318 g/mol. The van der Waals surface area contributed by atoms with Crippen molar-refractivity contribution in [2.24, 2.45) is 0 Å². The average Bonchev–Trinajstić information content (AvgIpc) is 2.63. The van der Waals surface area contributed by atoms with E-state index in [1.165, 1.54) is 0 Å². The first kappa shape index (κ1) is 16.7. The molecule has 0 aliphatic carbocycles. The fourth-order valence-corrected chi connectivity index (χ4v) is 2.41. The molecule has 0 aliphatic rings. The number of fused-ring (bicyclic) bond motifs is 1. The second kappa shape index (κ2) is 7.61. The van der Waals surface area contributed by atoms with Gasteiger partial charge in [-0.05, 0) is 38.1 Å². The smallest absolute Gasteiger partial charge is 0.360 e.